The van der Waals surface area contributed by atoms with Crippen molar-refractivity contribution >= 4 is 28.4 Å². The molecule has 0 aliphatic carbocycles. The number of nitrogens with zero attached hydrogens (tertiary/aromatic N) is 1. The second-order valence-corrected chi connectivity index (χ2v) is 4.62. The zero-order valence-corrected chi connectivity index (χ0v) is 10.6. The third kappa shape index (κ3) is 3.38. The Morgan fingerprint density at radius 3 is 2.57 bits per heavy atom. The molecule has 3 heteroatoms. The fraction of sp³-hybridized carbons (Fsp3) is 0.364. The van der Waals surface area contributed by atoms with Crippen molar-refractivity contribution in [3.63, 3.8) is 0 Å². The monoisotopic (exact) mass is 303 g/mol. The van der Waals surface area contributed by atoms with Crippen LogP contribution in [0.4, 0.5) is 0 Å². The third-order valence-electron chi connectivity index (χ3n) is 1.96. The Morgan fingerprint density at radius 1 is 1.36 bits per heavy atom. The van der Waals surface area contributed by atoms with Crippen molar-refractivity contribution in [2.24, 2.45) is 0 Å². The van der Waals surface area contributed by atoms with Crippen molar-refractivity contribution in [3.8, 4) is 0 Å². The van der Waals surface area contributed by atoms with Crippen LogP contribution in [0.5, 0.6) is 0 Å². The molecule has 0 atom stereocenters. The molecule has 1 rings (SSSR count). The molecule has 0 amide bonds. The summed E-state index contributed by atoms with van der Waals surface area (Å²) in [5.74, 6) is 0.226. The standard InChI is InChI=1S/C11H14INO/c1-13(2)8-7-11(14)9-5-3-4-6-10(9)12/h3-6H,7-8H2,1-2H3. The predicted molar refractivity (Wildman–Crippen MR) is 66.7 cm³/mol. The van der Waals surface area contributed by atoms with Crippen molar-refractivity contribution in [1.29, 1.82) is 0 Å². The van der Waals surface area contributed by atoms with Gasteiger partial charge in [-0.15, -0.1) is 0 Å². The molecule has 2 nitrogen and oxygen atoms in total. The molecule has 0 fully saturated rings. The van der Waals surface area contributed by atoms with Gasteiger partial charge in [0.25, 0.3) is 0 Å². The van der Waals surface area contributed by atoms with Crippen molar-refractivity contribution in [2.75, 3.05) is 20.6 Å². The minimum Gasteiger partial charge on any atom is -0.309 e. The molecule has 0 saturated heterocycles. The van der Waals surface area contributed by atoms with Crippen LogP contribution in [0.2, 0.25) is 0 Å². The van der Waals surface area contributed by atoms with Crippen LogP contribution < -0.4 is 0 Å². The van der Waals surface area contributed by atoms with Gasteiger partial charge in [-0.3, -0.25) is 4.79 Å². The summed E-state index contributed by atoms with van der Waals surface area (Å²) in [6.07, 6.45) is 0.590. The van der Waals surface area contributed by atoms with Crippen LogP contribution in [0.1, 0.15) is 16.8 Å². The second-order valence-electron chi connectivity index (χ2n) is 3.46. The largest absolute Gasteiger partial charge is 0.309 e. The van der Waals surface area contributed by atoms with Crippen LogP contribution in [-0.2, 0) is 0 Å². The predicted octanol–water partition coefficient (Wildman–Crippen LogP) is 2.43. The highest BCUT2D eigenvalue weighted by molar-refractivity contribution is 14.1. The number of hydrogen-bond donors (Lipinski definition) is 0. The Morgan fingerprint density at radius 2 is 2.00 bits per heavy atom. The van der Waals surface area contributed by atoms with E-state index in [9.17, 15) is 4.79 Å². The highest BCUT2D eigenvalue weighted by Gasteiger charge is 2.08. The molecule has 0 saturated carbocycles. The SMILES string of the molecule is CN(C)CCC(=O)c1ccccc1I. The van der Waals surface area contributed by atoms with Crippen LogP contribution >= 0.6 is 22.6 Å². The number of rotatable bonds is 4. The van der Waals surface area contributed by atoms with Gasteiger partial charge >= 0.3 is 0 Å². The molecule has 1 aromatic carbocycles. The first-order valence-electron chi connectivity index (χ1n) is 4.53. The smallest absolute Gasteiger partial charge is 0.165 e. The summed E-state index contributed by atoms with van der Waals surface area (Å²) in [4.78, 5) is 13.8. The summed E-state index contributed by atoms with van der Waals surface area (Å²) in [5, 5.41) is 0. The normalized spacial score (nSPS) is 10.6. The molecule has 0 radical (unpaired) electrons. The molecule has 14 heavy (non-hydrogen) atoms. The quantitative estimate of drug-likeness (QED) is 0.629. The first-order chi connectivity index (χ1) is 6.61. The molecule has 0 heterocycles. The average Bonchev–Trinajstić information content (AvgIpc) is 2.15. The maximum Gasteiger partial charge on any atom is 0.165 e. The lowest BCUT2D eigenvalue weighted by Gasteiger charge is -2.08. The maximum atomic E-state index is 11.7. The Bertz CT molecular complexity index is 323. The van der Waals surface area contributed by atoms with Gasteiger partial charge in [-0.2, -0.15) is 0 Å². The van der Waals surface area contributed by atoms with E-state index in [1.165, 1.54) is 0 Å². The van der Waals surface area contributed by atoms with E-state index in [0.717, 1.165) is 15.7 Å². The lowest BCUT2D eigenvalue weighted by molar-refractivity contribution is 0.0971. The number of carbonyl (C=O) groups is 1. The number of carbonyl (C=O) groups excluding carboxylic acids is 1. The van der Waals surface area contributed by atoms with E-state index >= 15 is 0 Å². The minimum atomic E-state index is 0.226. The zero-order valence-electron chi connectivity index (χ0n) is 8.46. The van der Waals surface area contributed by atoms with Gasteiger partial charge < -0.3 is 4.90 Å². The molecule has 0 aliphatic rings. The molecular weight excluding hydrogens is 289 g/mol. The average molecular weight is 303 g/mol. The fourth-order valence-corrected chi connectivity index (χ4v) is 1.84. The summed E-state index contributed by atoms with van der Waals surface area (Å²) in [6, 6.07) is 7.71. The Labute approximate surface area is 98.4 Å². The van der Waals surface area contributed by atoms with Gasteiger partial charge in [0.05, 0.1) is 0 Å². The van der Waals surface area contributed by atoms with Gasteiger partial charge in [-0.1, -0.05) is 18.2 Å². The van der Waals surface area contributed by atoms with Crippen LogP contribution in [-0.4, -0.2) is 31.3 Å². The summed E-state index contributed by atoms with van der Waals surface area (Å²) < 4.78 is 1.04. The molecule has 0 bridgehead atoms. The molecule has 0 spiro atoms. The van der Waals surface area contributed by atoms with Gasteiger partial charge in [-0.25, -0.2) is 0 Å². The highest BCUT2D eigenvalue weighted by Crippen LogP contribution is 2.13. The lowest BCUT2D eigenvalue weighted by Crippen LogP contribution is -2.17. The number of ketones is 1. The van der Waals surface area contributed by atoms with E-state index in [0.29, 0.717) is 6.42 Å². The van der Waals surface area contributed by atoms with Gasteiger partial charge in [0, 0.05) is 22.1 Å². The van der Waals surface area contributed by atoms with E-state index in [4.69, 9.17) is 0 Å². The Kier molecular flexibility index (Phi) is 4.54. The molecule has 1 aromatic rings. The van der Waals surface area contributed by atoms with Gasteiger partial charge in [0.1, 0.15) is 0 Å². The van der Waals surface area contributed by atoms with E-state index in [1.807, 2.05) is 43.3 Å². The zero-order chi connectivity index (χ0) is 10.6. The molecular formula is C11H14INO. The van der Waals surface area contributed by atoms with Crippen LogP contribution in [0.3, 0.4) is 0 Å². The number of benzene rings is 1. The van der Waals surface area contributed by atoms with Crippen molar-refractivity contribution < 1.29 is 4.79 Å². The fourth-order valence-electron chi connectivity index (χ4n) is 1.15. The maximum absolute atomic E-state index is 11.7. The third-order valence-corrected chi connectivity index (χ3v) is 2.90. The molecule has 0 N–H and O–H groups in total. The number of halogens is 1. The van der Waals surface area contributed by atoms with Crippen molar-refractivity contribution in [2.45, 2.75) is 6.42 Å². The Balaban J connectivity index is 2.65. The van der Waals surface area contributed by atoms with Gasteiger partial charge in [-0.05, 0) is 42.8 Å². The van der Waals surface area contributed by atoms with Crippen LogP contribution in [0, 0.1) is 3.57 Å². The Hall–Kier alpha value is -0.420. The lowest BCUT2D eigenvalue weighted by atomic mass is 10.1. The number of Topliss-reactive ketones (excluding diaryl/α,β-unsaturated/α-hetero) is 1. The molecule has 0 aliphatic heterocycles. The highest BCUT2D eigenvalue weighted by atomic mass is 127. The van der Waals surface area contributed by atoms with Crippen molar-refractivity contribution in [3.05, 3.63) is 33.4 Å². The van der Waals surface area contributed by atoms with Gasteiger partial charge in [0.2, 0.25) is 0 Å². The van der Waals surface area contributed by atoms with E-state index in [2.05, 4.69) is 22.6 Å². The summed E-state index contributed by atoms with van der Waals surface area (Å²) >= 11 is 2.20. The summed E-state index contributed by atoms with van der Waals surface area (Å²) in [5.41, 5.74) is 0.843. The van der Waals surface area contributed by atoms with Crippen LogP contribution in [0.15, 0.2) is 24.3 Å². The first-order valence-corrected chi connectivity index (χ1v) is 5.61. The van der Waals surface area contributed by atoms with Crippen LogP contribution in [0.25, 0.3) is 0 Å². The van der Waals surface area contributed by atoms with E-state index in [1.54, 1.807) is 0 Å². The second kappa shape index (κ2) is 5.46. The summed E-state index contributed by atoms with van der Waals surface area (Å²) in [7, 11) is 3.95. The number of hydrogen-bond acceptors (Lipinski definition) is 2. The molecule has 0 unspecified atom stereocenters. The van der Waals surface area contributed by atoms with E-state index in [-0.39, 0.29) is 5.78 Å². The van der Waals surface area contributed by atoms with E-state index < -0.39 is 0 Å². The molecule has 76 valence electrons. The minimum absolute atomic E-state index is 0.226. The van der Waals surface area contributed by atoms with Gasteiger partial charge in [0.15, 0.2) is 5.78 Å². The topological polar surface area (TPSA) is 20.3 Å². The summed E-state index contributed by atoms with van der Waals surface area (Å²) in [6.45, 7) is 0.809. The molecule has 0 aromatic heterocycles. The first kappa shape index (κ1) is 11.7. The van der Waals surface area contributed by atoms with Crippen molar-refractivity contribution in [1.82, 2.24) is 4.90 Å².